The van der Waals surface area contributed by atoms with Crippen molar-refractivity contribution in [2.45, 2.75) is 38.5 Å². The largest absolute Gasteiger partial charge is 0.481 e. The maximum absolute atomic E-state index is 11.4. The van der Waals surface area contributed by atoms with E-state index in [4.69, 9.17) is 9.84 Å². The molecule has 0 aromatic heterocycles. The van der Waals surface area contributed by atoms with Gasteiger partial charge in [-0.15, -0.1) is 0 Å². The highest BCUT2D eigenvalue weighted by Gasteiger charge is 2.14. The van der Waals surface area contributed by atoms with E-state index in [1.165, 1.54) is 0 Å². The molecule has 0 saturated heterocycles. The van der Waals surface area contributed by atoms with E-state index in [1.807, 2.05) is 13.8 Å². The standard InChI is InChI=1S/C9H18O4S/c1-7(2)13-4-5-14(12)8(3)6-9(10)11/h7-8H,4-6H2,1-3H3,(H,10,11). The van der Waals surface area contributed by atoms with Crippen LogP contribution < -0.4 is 0 Å². The Bertz CT molecular complexity index is 203. The molecule has 84 valence electrons. The molecule has 0 heterocycles. The van der Waals surface area contributed by atoms with Crippen LogP contribution in [0.3, 0.4) is 0 Å². The van der Waals surface area contributed by atoms with Gasteiger partial charge in [0.2, 0.25) is 0 Å². The van der Waals surface area contributed by atoms with E-state index in [0.29, 0.717) is 12.4 Å². The summed E-state index contributed by atoms with van der Waals surface area (Å²) in [6.07, 6.45) is 0.0793. The predicted octanol–water partition coefficient (Wildman–Crippen LogP) is 1.02. The fraction of sp³-hybridized carbons (Fsp3) is 0.889. The highest BCUT2D eigenvalue weighted by molar-refractivity contribution is 7.85. The van der Waals surface area contributed by atoms with E-state index < -0.39 is 16.8 Å². The van der Waals surface area contributed by atoms with E-state index in [9.17, 15) is 9.00 Å². The van der Waals surface area contributed by atoms with E-state index in [0.717, 1.165) is 0 Å². The lowest BCUT2D eigenvalue weighted by molar-refractivity contribution is -0.136. The maximum Gasteiger partial charge on any atom is 0.304 e. The van der Waals surface area contributed by atoms with Crippen LogP contribution in [0, 0.1) is 0 Å². The van der Waals surface area contributed by atoms with Crippen LogP contribution in [0.1, 0.15) is 27.2 Å². The third-order valence-corrected chi connectivity index (χ3v) is 3.28. The summed E-state index contributed by atoms with van der Waals surface area (Å²) >= 11 is 0. The molecule has 0 fully saturated rings. The van der Waals surface area contributed by atoms with Crippen molar-refractivity contribution in [2.75, 3.05) is 12.4 Å². The van der Waals surface area contributed by atoms with Gasteiger partial charge < -0.3 is 9.84 Å². The quantitative estimate of drug-likeness (QED) is 0.698. The zero-order chi connectivity index (χ0) is 11.1. The Kier molecular flexibility index (Phi) is 6.74. The summed E-state index contributed by atoms with van der Waals surface area (Å²) in [5, 5.41) is 8.18. The number of carbonyl (C=O) groups is 1. The van der Waals surface area contributed by atoms with E-state index >= 15 is 0 Å². The lowest BCUT2D eigenvalue weighted by atomic mass is 10.3. The van der Waals surface area contributed by atoms with Crippen molar-refractivity contribution in [1.82, 2.24) is 0 Å². The second kappa shape index (κ2) is 6.95. The average Bonchev–Trinajstić information content (AvgIpc) is 2.01. The van der Waals surface area contributed by atoms with Crippen molar-refractivity contribution >= 4 is 16.8 Å². The van der Waals surface area contributed by atoms with Crippen LogP contribution in [0.25, 0.3) is 0 Å². The third kappa shape index (κ3) is 7.03. The highest BCUT2D eigenvalue weighted by atomic mass is 32.2. The molecule has 14 heavy (non-hydrogen) atoms. The maximum atomic E-state index is 11.4. The average molecular weight is 222 g/mol. The molecule has 0 saturated carbocycles. The SMILES string of the molecule is CC(C)OCCS(=O)C(C)CC(=O)O. The third-order valence-electron chi connectivity index (χ3n) is 1.65. The smallest absolute Gasteiger partial charge is 0.304 e. The van der Waals surface area contributed by atoms with E-state index in [2.05, 4.69) is 0 Å². The number of hydrogen-bond acceptors (Lipinski definition) is 3. The van der Waals surface area contributed by atoms with Gasteiger partial charge in [0.1, 0.15) is 0 Å². The molecule has 2 unspecified atom stereocenters. The summed E-state index contributed by atoms with van der Waals surface area (Å²) in [5.74, 6) is -0.497. The minimum atomic E-state index is -1.11. The molecule has 0 aromatic rings. The normalized spacial score (nSPS) is 15.4. The zero-order valence-corrected chi connectivity index (χ0v) is 9.67. The molecule has 0 amide bonds. The number of rotatable bonds is 7. The molecule has 0 aliphatic heterocycles. The van der Waals surface area contributed by atoms with Crippen LogP contribution in [-0.2, 0) is 20.3 Å². The summed E-state index contributed by atoms with van der Waals surface area (Å²) < 4.78 is 16.7. The van der Waals surface area contributed by atoms with Crippen LogP contribution in [0.2, 0.25) is 0 Å². The van der Waals surface area contributed by atoms with Gasteiger partial charge >= 0.3 is 5.97 Å². The molecule has 1 N–H and O–H groups in total. The predicted molar refractivity (Wildman–Crippen MR) is 55.8 cm³/mol. The molecular weight excluding hydrogens is 204 g/mol. The second-order valence-corrected chi connectivity index (χ2v) is 5.39. The fourth-order valence-corrected chi connectivity index (χ4v) is 1.90. The van der Waals surface area contributed by atoms with Crippen LogP contribution in [0.5, 0.6) is 0 Å². The van der Waals surface area contributed by atoms with Gasteiger partial charge in [-0.1, -0.05) is 6.92 Å². The number of hydrogen-bond donors (Lipinski definition) is 1. The topological polar surface area (TPSA) is 63.6 Å². The molecular formula is C9H18O4S. The van der Waals surface area contributed by atoms with Crippen LogP contribution in [-0.4, -0.2) is 39.0 Å². The van der Waals surface area contributed by atoms with Gasteiger partial charge in [0, 0.05) is 21.8 Å². The zero-order valence-electron chi connectivity index (χ0n) is 8.86. The molecule has 0 aliphatic rings. The molecule has 0 aliphatic carbocycles. The fourth-order valence-electron chi connectivity index (χ4n) is 0.906. The lowest BCUT2D eigenvalue weighted by Crippen LogP contribution is -2.21. The van der Waals surface area contributed by atoms with Gasteiger partial charge in [0.25, 0.3) is 0 Å². The first-order valence-corrected chi connectivity index (χ1v) is 6.02. The lowest BCUT2D eigenvalue weighted by Gasteiger charge is -2.10. The molecule has 0 aromatic carbocycles. The van der Waals surface area contributed by atoms with Crippen molar-refractivity contribution in [2.24, 2.45) is 0 Å². The molecule has 5 heteroatoms. The summed E-state index contributed by atoms with van der Waals surface area (Å²) in [6, 6.07) is 0. The molecule has 0 spiro atoms. The Morgan fingerprint density at radius 2 is 2.00 bits per heavy atom. The summed E-state index contributed by atoms with van der Waals surface area (Å²) in [4.78, 5) is 10.3. The summed E-state index contributed by atoms with van der Waals surface area (Å²) in [6.45, 7) is 5.92. The highest BCUT2D eigenvalue weighted by Crippen LogP contribution is 2.02. The monoisotopic (exact) mass is 222 g/mol. The number of carboxylic acid groups (broad SMARTS) is 1. The number of aliphatic carboxylic acids is 1. The van der Waals surface area contributed by atoms with Crippen molar-refractivity contribution in [3.63, 3.8) is 0 Å². The number of ether oxygens (including phenoxy) is 1. The molecule has 2 atom stereocenters. The van der Waals surface area contributed by atoms with Gasteiger partial charge in [-0.3, -0.25) is 9.00 Å². The Hall–Kier alpha value is -0.420. The minimum Gasteiger partial charge on any atom is -0.481 e. The summed E-state index contributed by atoms with van der Waals surface area (Å²) in [7, 11) is -1.11. The Morgan fingerprint density at radius 1 is 1.43 bits per heavy atom. The molecule has 4 nitrogen and oxygen atoms in total. The Labute approximate surface area is 87.1 Å². The summed E-state index contributed by atoms with van der Waals surface area (Å²) in [5.41, 5.74) is 0. The minimum absolute atomic E-state index is 0.0473. The second-order valence-electron chi connectivity index (χ2n) is 3.41. The van der Waals surface area contributed by atoms with Gasteiger partial charge in [0.05, 0.1) is 19.1 Å². The van der Waals surface area contributed by atoms with Gasteiger partial charge in [0.15, 0.2) is 0 Å². The molecule has 0 radical (unpaired) electrons. The van der Waals surface area contributed by atoms with E-state index in [1.54, 1.807) is 6.92 Å². The first-order valence-electron chi connectivity index (χ1n) is 4.64. The van der Waals surface area contributed by atoms with Crippen molar-refractivity contribution in [3.8, 4) is 0 Å². The van der Waals surface area contributed by atoms with Crippen molar-refractivity contribution in [3.05, 3.63) is 0 Å². The van der Waals surface area contributed by atoms with Crippen molar-refractivity contribution in [1.29, 1.82) is 0 Å². The van der Waals surface area contributed by atoms with Crippen molar-refractivity contribution < 1.29 is 18.8 Å². The van der Waals surface area contributed by atoms with Gasteiger partial charge in [-0.25, -0.2) is 0 Å². The molecule has 0 bridgehead atoms. The first kappa shape index (κ1) is 13.6. The molecule has 0 rings (SSSR count). The number of carboxylic acids is 1. The van der Waals surface area contributed by atoms with Crippen LogP contribution in [0.4, 0.5) is 0 Å². The van der Waals surface area contributed by atoms with Crippen LogP contribution >= 0.6 is 0 Å². The van der Waals surface area contributed by atoms with Gasteiger partial charge in [-0.2, -0.15) is 0 Å². The van der Waals surface area contributed by atoms with Gasteiger partial charge in [-0.05, 0) is 13.8 Å². The Balaban J connectivity index is 3.67. The van der Waals surface area contributed by atoms with Crippen LogP contribution in [0.15, 0.2) is 0 Å². The first-order chi connectivity index (χ1) is 6.43. The van der Waals surface area contributed by atoms with E-state index in [-0.39, 0.29) is 17.8 Å². The Morgan fingerprint density at radius 3 is 2.43 bits per heavy atom.